The second kappa shape index (κ2) is 7.83. The van der Waals surface area contributed by atoms with E-state index in [4.69, 9.17) is 4.42 Å². The van der Waals surface area contributed by atoms with Crippen molar-refractivity contribution in [3.8, 4) is 0 Å². The summed E-state index contributed by atoms with van der Waals surface area (Å²) in [4.78, 5) is 33.8. The summed E-state index contributed by atoms with van der Waals surface area (Å²) in [5, 5.41) is 18.5. The van der Waals surface area contributed by atoms with Crippen molar-refractivity contribution < 1.29 is 18.9 Å². The Morgan fingerprint density at radius 3 is 1.89 bits per heavy atom. The predicted octanol–water partition coefficient (Wildman–Crippen LogP) is 4.08. The van der Waals surface area contributed by atoms with Crippen LogP contribution in [0.25, 0.3) is 0 Å². The number of anilines is 3. The van der Waals surface area contributed by atoms with Gasteiger partial charge in [-0.2, -0.15) is 0 Å². The Labute approximate surface area is 153 Å². The molecule has 27 heavy (non-hydrogen) atoms. The number of hydrogen-bond acceptors (Lipinski definition) is 5. The van der Waals surface area contributed by atoms with E-state index in [9.17, 15) is 19.7 Å². The highest BCUT2D eigenvalue weighted by molar-refractivity contribution is 6.03. The molecule has 0 saturated heterocycles. The monoisotopic (exact) mass is 366 g/mol. The van der Waals surface area contributed by atoms with Crippen molar-refractivity contribution in [2.24, 2.45) is 0 Å². The Hall–Kier alpha value is -4.14. The van der Waals surface area contributed by atoms with Crippen LogP contribution in [-0.4, -0.2) is 16.9 Å². The van der Waals surface area contributed by atoms with Crippen molar-refractivity contribution in [3.05, 3.63) is 82.6 Å². The number of carbonyl (C=O) groups excluding carboxylic acids is 2. The van der Waals surface area contributed by atoms with Gasteiger partial charge in [-0.25, -0.2) is 4.79 Å². The number of amides is 3. The fourth-order valence-electron chi connectivity index (χ4n) is 2.19. The number of urea groups is 1. The molecule has 0 atom stereocenters. The van der Waals surface area contributed by atoms with Crippen molar-refractivity contribution in [2.75, 3.05) is 16.0 Å². The number of benzene rings is 2. The summed E-state index contributed by atoms with van der Waals surface area (Å²) in [6, 6.07) is 17.3. The molecular formula is C18H14N4O5. The molecule has 0 aliphatic heterocycles. The van der Waals surface area contributed by atoms with Crippen LogP contribution < -0.4 is 16.0 Å². The molecule has 0 fully saturated rings. The van der Waals surface area contributed by atoms with Gasteiger partial charge in [0.25, 0.3) is 5.91 Å². The minimum Gasteiger partial charge on any atom is -0.395 e. The SMILES string of the molecule is O=C(Nc1ccccc1)Nc1ccc(NC(=O)c2ccc([N+](=O)[O-])o2)cc1. The lowest BCUT2D eigenvalue weighted by Crippen LogP contribution is -2.19. The van der Waals surface area contributed by atoms with Crippen LogP contribution in [0.5, 0.6) is 0 Å². The standard InChI is InChI=1S/C18H14N4O5/c23-17(15-10-11-16(27-15)22(25)26)19-13-6-8-14(9-7-13)21-18(24)20-12-4-2-1-3-5-12/h1-11H,(H,19,23)(H2,20,21,24). The molecule has 3 N–H and O–H groups in total. The minimum atomic E-state index is -0.724. The van der Waals surface area contributed by atoms with Gasteiger partial charge in [0.1, 0.15) is 4.92 Å². The summed E-state index contributed by atoms with van der Waals surface area (Å²) in [6.45, 7) is 0. The third-order valence-corrected chi connectivity index (χ3v) is 3.43. The molecule has 0 bridgehead atoms. The maximum absolute atomic E-state index is 12.0. The van der Waals surface area contributed by atoms with Gasteiger partial charge in [-0.1, -0.05) is 18.2 Å². The van der Waals surface area contributed by atoms with Crippen molar-refractivity contribution >= 4 is 34.9 Å². The molecule has 3 rings (SSSR count). The van der Waals surface area contributed by atoms with Crippen LogP contribution in [0, 0.1) is 10.1 Å². The third-order valence-electron chi connectivity index (χ3n) is 3.43. The molecule has 9 heteroatoms. The van der Waals surface area contributed by atoms with Crippen molar-refractivity contribution in [3.63, 3.8) is 0 Å². The maximum atomic E-state index is 12.0. The average molecular weight is 366 g/mol. The van der Waals surface area contributed by atoms with Crippen LogP contribution in [0.4, 0.5) is 27.7 Å². The molecule has 0 aliphatic carbocycles. The highest BCUT2D eigenvalue weighted by Crippen LogP contribution is 2.19. The van der Waals surface area contributed by atoms with Gasteiger partial charge >= 0.3 is 11.9 Å². The van der Waals surface area contributed by atoms with E-state index in [1.807, 2.05) is 6.07 Å². The molecule has 136 valence electrons. The number of nitrogens with zero attached hydrogens (tertiary/aromatic N) is 1. The molecule has 0 spiro atoms. The van der Waals surface area contributed by atoms with Gasteiger partial charge < -0.3 is 20.4 Å². The van der Waals surface area contributed by atoms with Crippen LogP contribution in [-0.2, 0) is 0 Å². The van der Waals surface area contributed by atoms with E-state index in [-0.39, 0.29) is 5.76 Å². The molecule has 1 aromatic heterocycles. The number of nitrogens with one attached hydrogen (secondary N) is 3. The number of rotatable bonds is 5. The summed E-state index contributed by atoms with van der Waals surface area (Å²) in [5.41, 5.74) is 1.62. The Kier molecular flexibility index (Phi) is 5.12. The molecule has 2 aromatic carbocycles. The first-order valence-corrected chi connectivity index (χ1v) is 7.80. The Balaban J connectivity index is 1.57. The topological polar surface area (TPSA) is 127 Å². The molecule has 0 saturated carbocycles. The van der Waals surface area contributed by atoms with E-state index in [0.29, 0.717) is 17.1 Å². The van der Waals surface area contributed by atoms with Gasteiger partial charge in [0.15, 0.2) is 5.76 Å². The smallest absolute Gasteiger partial charge is 0.395 e. The van der Waals surface area contributed by atoms with Crippen LogP contribution >= 0.6 is 0 Å². The zero-order chi connectivity index (χ0) is 19.2. The van der Waals surface area contributed by atoms with Crippen LogP contribution in [0.2, 0.25) is 0 Å². The van der Waals surface area contributed by atoms with E-state index in [2.05, 4.69) is 16.0 Å². The van der Waals surface area contributed by atoms with Crippen molar-refractivity contribution in [2.45, 2.75) is 0 Å². The lowest BCUT2D eigenvalue weighted by atomic mass is 10.2. The highest BCUT2D eigenvalue weighted by atomic mass is 16.6. The first kappa shape index (κ1) is 17.7. The quantitative estimate of drug-likeness (QED) is 0.463. The number of para-hydroxylation sites is 1. The average Bonchev–Trinajstić information content (AvgIpc) is 3.15. The fourth-order valence-corrected chi connectivity index (χ4v) is 2.19. The lowest BCUT2D eigenvalue weighted by Gasteiger charge is -2.08. The zero-order valence-electron chi connectivity index (χ0n) is 13.8. The molecule has 3 aromatic rings. The van der Waals surface area contributed by atoms with Gasteiger partial charge in [0.05, 0.1) is 6.07 Å². The van der Waals surface area contributed by atoms with E-state index in [0.717, 1.165) is 6.07 Å². The first-order chi connectivity index (χ1) is 13.0. The molecular weight excluding hydrogens is 352 g/mol. The van der Waals surface area contributed by atoms with Gasteiger partial charge in [0.2, 0.25) is 0 Å². The third kappa shape index (κ3) is 4.69. The van der Waals surface area contributed by atoms with Crippen molar-refractivity contribution in [1.29, 1.82) is 0 Å². The Bertz CT molecular complexity index is 967. The second-order valence-electron chi connectivity index (χ2n) is 5.37. The molecule has 0 radical (unpaired) electrons. The largest absolute Gasteiger partial charge is 0.433 e. The van der Waals surface area contributed by atoms with E-state index in [1.54, 1.807) is 48.5 Å². The molecule has 0 unspecified atom stereocenters. The van der Waals surface area contributed by atoms with E-state index in [1.165, 1.54) is 6.07 Å². The van der Waals surface area contributed by atoms with Gasteiger partial charge in [0, 0.05) is 17.1 Å². The maximum Gasteiger partial charge on any atom is 0.433 e. The Morgan fingerprint density at radius 2 is 1.33 bits per heavy atom. The number of hydrogen-bond donors (Lipinski definition) is 3. The van der Waals surface area contributed by atoms with Crippen molar-refractivity contribution in [1.82, 2.24) is 0 Å². The normalized spacial score (nSPS) is 10.1. The summed E-state index contributed by atoms with van der Waals surface area (Å²) in [5.74, 6) is -1.30. The lowest BCUT2D eigenvalue weighted by molar-refractivity contribution is -0.402. The van der Waals surface area contributed by atoms with Gasteiger partial charge in [-0.3, -0.25) is 14.9 Å². The summed E-state index contributed by atoms with van der Waals surface area (Å²) < 4.78 is 4.84. The summed E-state index contributed by atoms with van der Waals surface area (Å²) >= 11 is 0. The number of nitro groups is 1. The van der Waals surface area contributed by atoms with Crippen LogP contribution in [0.1, 0.15) is 10.6 Å². The summed E-state index contributed by atoms with van der Waals surface area (Å²) in [7, 11) is 0. The van der Waals surface area contributed by atoms with E-state index < -0.39 is 22.7 Å². The minimum absolute atomic E-state index is 0.175. The van der Waals surface area contributed by atoms with Gasteiger partial charge in [-0.05, 0) is 42.5 Å². The molecule has 1 heterocycles. The summed E-state index contributed by atoms with van der Waals surface area (Å²) in [6.07, 6.45) is 0. The number of furan rings is 1. The Morgan fingerprint density at radius 1 is 0.778 bits per heavy atom. The van der Waals surface area contributed by atoms with Gasteiger partial charge in [-0.15, -0.1) is 0 Å². The molecule has 0 aliphatic rings. The number of carbonyl (C=O) groups is 2. The molecule has 3 amide bonds. The fraction of sp³-hybridized carbons (Fsp3) is 0. The molecule has 9 nitrogen and oxygen atoms in total. The highest BCUT2D eigenvalue weighted by Gasteiger charge is 2.17. The van der Waals surface area contributed by atoms with Crippen LogP contribution in [0.15, 0.2) is 71.1 Å². The second-order valence-corrected chi connectivity index (χ2v) is 5.37. The first-order valence-electron chi connectivity index (χ1n) is 7.80. The zero-order valence-corrected chi connectivity index (χ0v) is 13.8. The van der Waals surface area contributed by atoms with E-state index >= 15 is 0 Å². The van der Waals surface area contributed by atoms with Crippen LogP contribution in [0.3, 0.4) is 0 Å². The predicted molar refractivity (Wildman–Crippen MR) is 98.8 cm³/mol.